The Morgan fingerprint density at radius 3 is 3.00 bits per heavy atom. The maximum absolute atomic E-state index is 13.0. The molecule has 0 radical (unpaired) electrons. The van der Waals surface area contributed by atoms with Crippen LogP contribution in [0.2, 0.25) is 0 Å². The van der Waals surface area contributed by atoms with Crippen molar-refractivity contribution >= 4 is 5.91 Å². The minimum absolute atomic E-state index is 0.0644. The average molecular weight is 307 g/mol. The van der Waals surface area contributed by atoms with Gasteiger partial charge in [0.05, 0.1) is 0 Å². The number of likely N-dealkylation sites (tertiary alicyclic amines) is 1. The van der Waals surface area contributed by atoms with E-state index in [9.17, 15) is 9.18 Å². The Morgan fingerprint density at radius 2 is 2.32 bits per heavy atom. The zero-order valence-corrected chi connectivity index (χ0v) is 13.5. The van der Waals surface area contributed by atoms with Crippen molar-refractivity contribution in [3.8, 4) is 0 Å². The highest BCUT2D eigenvalue weighted by Gasteiger charge is 2.23. The van der Waals surface area contributed by atoms with Crippen LogP contribution in [0.25, 0.3) is 0 Å². The van der Waals surface area contributed by atoms with Gasteiger partial charge in [-0.05, 0) is 51.2 Å². The molecule has 0 saturated carbocycles. The molecule has 1 aliphatic heterocycles. The number of nitrogens with one attached hydrogen (secondary N) is 1. The summed E-state index contributed by atoms with van der Waals surface area (Å²) in [5.74, 6) is -0.165. The zero-order chi connectivity index (χ0) is 15.9. The van der Waals surface area contributed by atoms with E-state index < -0.39 is 0 Å². The van der Waals surface area contributed by atoms with E-state index in [1.807, 2.05) is 6.07 Å². The highest BCUT2D eigenvalue weighted by Crippen LogP contribution is 2.12. The molecule has 1 aromatic rings. The molecule has 2 rings (SSSR count). The maximum Gasteiger partial charge on any atom is 0.221 e. The van der Waals surface area contributed by atoms with E-state index in [4.69, 9.17) is 0 Å². The summed E-state index contributed by atoms with van der Waals surface area (Å²) in [7, 11) is 4.22. The average Bonchev–Trinajstić information content (AvgIpc) is 2.91. The quantitative estimate of drug-likeness (QED) is 0.829. The monoisotopic (exact) mass is 307 g/mol. The van der Waals surface area contributed by atoms with Crippen LogP contribution in [0.4, 0.5) is 4.39 Å². The van der Waals surface area contributed by atoms with Crippen LogP contribution in [0, 0.1) is 5.82 Å². The largest absolute Gasteiger partial charge is 0.356 e. The van der Waals surface area contributed by atoms with Gasteiger partial charge in [0.25, 0.3) is 0 Å². The summed E-state index contributed by atoms with van der Waals surface area (Å²) >= 11 is 0. The van der Waals surface area contributed by atoms with Crippen molar-refractivity contribution in [2.24, 2.45) is 0 Å². The van der Waals surface area contributed by atoms with Gasteiger partial charge in [-0.25, -0.2) is 4.39 Å². The lowest BCUT2D eigenvalue weighted by Gasteiger charge is -2.23. The molecule has 122 valence electrons. The fraction of sp³-hybridized carbons (Fsp3) is 0.588. The molecule has 1 heterocycles. The number of amides is 1. The van der Waals surface area contributed by atoms with Crippen LogP contribution in [0.3, 0.4) is 0 Å². The van der Waals surface area contributed by atoms with Crippen LogP contribution >= 0.6 is 0 Å². The topological polar surface area (TPSA) is 35.6 Å². The summed E-state index contributed by atoms with van der Waals surface area (Å²) in [6.45, 7) is 3.55. The first-order valence-electron chi connectivity index (χ1n) is 7.94. The first-order valence-corrected chi connectivity index (χ1v) is 7.94. The molecule has 0 bridgehead atoms. The van der Waals surface area contributed by atoms with Crippen LogP contribution < -0.4 is 5.32 Å². The molecule has 0 spiro atoms. The fourth-order valence-electron chi connectivity index (χ4n) is 2.86. The number of carbonyl (C=O) groups excluding carboxylic acids is 1. The summed E-state index contributed by atoms with van der Waals surface area (Å²) < 4.78 is 13.0. The summed E-state index contributed by atoms with van der Waals surface area (Å²) in [6.07, 6.45) is 2.35. The molecule has 1 amide bonds. The highest BCUT2D eigenvalue weighted by molar-refractivity contribution is 5.76. The number of hydrogen-bond acceptors (Lipinski definition) is 3. The highest BCUT2D eigenvalue weighted by atomic mass is 19.1. The molecule has 5 heteroatoms. The molecule has 1 aliphatic rings. The van der Waals surface area contributed by atoms with Gasteiger partial charge in [-0.15, -0.1) is 0 Å². The molecule has 1 atom stereocenters. The molecular formula is C17H26FN3O. The van der Waals surface area contributed by atoms with Gasteiger partial charge < -0.3 is 15.1 Å². The minimum Gasteiger partial charge on any atom is -0.356 e. The third-order valence-electron chi connectivity index (χ3n) is 4.31. The van der Waals surface area contributed by atoms with E-state index in [1.165, 1.54) is 18.6 Å². The maximum atomic E-state index is 13.0. The Morgan fingerprint density at radius 1 is 1.50 bits per heavy atom. The number of likely N-dealkylation sites (N-methyl/N-ethyl adjacent to an activating group) is 2. The van der Waals surface area contributed by atoms with Gasteiger partial charge in [-0.2, -0.15) is 0 Å². The summed E-state index contributed by atoms with van der Waals surface area (Å²) in [5, 5.41) is 2.91. The number of benzene rings is 1. The van der Waals surface area contributed by atoms with E-state index in [-0.39, 0.29) is 11.7 Å². The minimum atomic E-state index is -0.230. The van der Waals surface area contributed by atoms with Crippen LogP contribution in [0.15, 0.2) is 24.3 Å². The lowest BCUT2D eigenvalue weighted by atomic mass is 10.1. The molecule has 0 aromatic heterocycles. The van der Waals surface area contributed by atoms with Crippen molar-refractivity contribution in [3.05, 3.63) is 35.6 Å². The van der Waals surface area contributed by atoms with Gasteiger partial charge in [0, 0.05) is 32.1 Å². The summed E-state index contributed by atoms with van der Waals surface area (Å²) in [4.78, 5) is 16.5. The number of rotatable bonds is 7. The van der Waals surface area contributed by atoms with Gasteiger partial charge in [0.15, 0.2) is 0 Å². The summed E-state index contributed by atoms with van der Waals surface area (Å²) in [5.41, 5.74) is 0.909. The number of nitrogens with zero attached hydrogens (tertiary/aromatic N) is 2. The normalized spacial score (nSPS) is 18.8. The molecule has 1 aromatic carbocycles. The van der Waals surface area contributed by atoms with Gasteiger partial charge in [-0.1, -0.05) is 12.1 Å². The fourth-order valence-corrected chi connectivity index (χ4v) is 2.86. The Kier molecular flexibility index (Phi) is 6.34. The second kappa shape index (κ2) is 8.25. The van der Waals surface area contributed by atoms with E-state index in [1.54, 1.807) is 6.07 Å². The van der Waals surface area contributed by atoms with Crippen molar-refractivity contribution < 1.29 is 9.18 Å². The van der Waals surface area contributed by atoms with E-state index >= 15 is 0 Å². The van der Waals surface area contributed by atoms with Crippen molar-refractivity contribution in [1.82, 2.24) is 15.1 Å². The smallest absolute Gasteiger partial charge is 0.221 e. The zero-order valence-electron chi connectivity index (χ0n) is 13.5. The molecule has 1 saturated heterocycles. The number of carbonyl (C=O) groups is 1. The Balaban J connectivity index is 1.61. The van der Waals surface area contributed by atoms with E-state index in [0.717, 1.165) is 25.2 Å². The number of halogens is 1. The van der Waals surface area contributed by atoms with E-state index in [2.05, 4.69) is 29.2 Å². The predicted octanol–water partition coefficient (Wildman–Crippen LogP) is 1.51. The molecular weight excluding hydrogens is 281 g/mol. The SMILES string of the molecule is CN1CC[C@@H](N(C)CCC(=O)NCCc2cccc(F)c2)C1. The molecule has 0 aliphatic carbocycles. The van der Waals surface area contributed by atoms with Crippen LogP contribution in [0.5, 0.6) is 0 Å². The van der Waals surface area contributed by atoms with Crippen molar-refractivity contribution in [3.63, 3.8) is 0 Å². The third-order valence-corrected chi connectivity index (χ3v) is 4.31. The lowest BCUT2D eigenvalue weighted by Crippen LogP contribution is -2.37. The molecule has 1 fully saturated rings. The van der Waals surface area contributed by atoms with Gasteiger partial charge in [0.2, 0.25) is 5.91 Å². The Hall–Kier alpha value is -1.46. The molecule has 1 N–H and O–H groups in total. The predicted molar refractivity (Wildman–Crippen MR) is 86.3 cm³/mol. The van der Waals surface area contributed by atoms with Gasteiger partial charge in [0.1, 0.15) is 5.82 Å². The van der Waals surface area contributed by atoms with E-state index in [0.29, 0.717) is 25.4 Å². The van der Waals surface area contributed by atoms with Gasteiger partial charge >= 0.3 is 0 Å². The van der Waals surface area contributed by atoms with Crippen molar-refractivity contribution in [2.45, 2.75) is 25.3 Å². The van der Waals surface area contributed by atoms with Gasteiger partial charge in [-0.3, -0.25) is 4.79 Å². The Bertz CT molecular complexity index is 495. The Labute approximate surface area is 132 Å². The second-order valence-electron chi connectivity index (χ2n) is 6.17. The molecule has 0 unspecified atom stereocenters. The molecule has 22 heavy (non-hydrogen) atoms. The van der Waals surface area contributed by atoms with Crippen molar-refractivity contribution in [2.75, 3.05) is 40.3 Å². The first-order chi connectivity index (χ1) is 10.5. The van der Waals surface area contributed by atoms with Crippen LogP contribution in [-0.2, 0) is 11.2 Å². The summed E-state index contributed by atoms with van der Waals surface area (Å²) in [6, 6.07) is 7.07. The lowest BCUT2D eigenvalue weighted by molar-refractivity contribution is -0.121. The molecule has 4 nitrogen and oxygen atoms in total. The third kappa shape index (κ3) is 5.39. The standard InChI is InChI=1S/C17H26FN3O/c1-20-10-7-16(13-20)21(2)11-8-17(22)19-9-6-14-4-3-5-15(18)12-14/h3-5,12,16H,6-11,13H2,1-2H3,(H,19,22)/t16-/m1/s1. The van der Waals surface area contributed by atoms with Crippen LogP contribution in [-0.4, -0.2) is 62.0 Å². The first kappa shape index (κ1) is 16.9. The van der Waals surface area contributed by atoms with Crippen molar-refractivity contribution in [1.29, 1.82) is 0 Å². The second-order valence-corrected chi connectivity index (χ2v) is 6.17. The van der Waals surface area contributed by atoms with Crippen LogP contribution in [0.1, 0.15) is 18.4 Å². The number of hydrogen-bond donors (Lipinski definition) is 1.